The number of nitrogens with zero attached hydrogens (tertiary/aromatic N) is 2. The third kappa shape index (κ3) is 3.26. The van der Waals surface area contributed by atoms with Gasteiger partial charge in [-0.2, -0.15) is 0 Å². The summed E-state index contributed by atoms with van der Waals surface area (Å²) in [6, 6.07) is 10.2. The summed E-state index contributed by atoms with van der Waals surface area (Å²) < 4.78 is 5.69. The van der Waals surface area contributed by atoms with E-state index in [4.69, 9.17) is 4.42 Å². The molecule has 4 rings (SSSR count). The van der Waals surface area contributed by atoms with Crippen molar-refractivity contribution in [1.29, 1.82) is 0 Å². The number of hydrogen-bond donors (Lipinski definition) is 1. The van der Waals surface area contributed by atoms with Gasteiger partial charge in [-0.3, -0.25) is 4.79 Å². The molecule has 1 unspecified atom stereocenters. The van der Waals surface area contributed by atoms with Crippen LogP contribution in [-0.4, -0.2) is 33.4 Å². The molecule has 27 heavy (non-hydrogen) atoms. The molecule has 1 amide bonds. The van der Waals surface area contributed by atoms with Gasteiger partial charge in [-0.1, -0.05) is 30.3 Å². The first-order valence-electron chi connectivity index (χ1n) is 8.65. The molecule has 7 heteroatoms. The van der Waals surface area contributed by atoms with E-state index in [9.17, 15) is 14.7 Å². The zero-order chi connectivity index (χ0) is 19.0. The van der Waals surface area contributed by atoms with E-state index in [1.807, 2.05) is 29.6 Å². The molecule has 3 aromatic rings. The lowest BCUT2D eigenvalue weighted by atomic mass is 9.92. The number of carbonyl (C=O) groups is 2. The molecule has 6 nitrogen and oxygen atoms in total. The van der Waals surface area contributed by atoms with Gasteiger partial charge in [0.15, 0.2) is 6.04 Å². The van der Waals surface area contributed by atoms with Gasteiger partial charge in [0, 0.05) is 6.54 Å². The van der Waals surface area contributed by atoms with E-state index in [-0.39, 0.29) is 12.3 Å². The van der Waals surface area contributed by atoms with Gasteiger partial charge in [0.05, 0.1) is 17.0 Å². The summed E-state index contributed by atoms with van der Waals surface area (Å²) in [5.41, 5.74) is 2.21. The standard InChI is InChI=1S/C20H18N2O4S/c1-12-15(21-19(26-12)16-7-4-10-27-16)11-17(23)22-9-8-13-5-2-3-6-14(13)18(22)20(24)25/h2-7,10,18H,8-9,11H2,1H3,(H,24,25). The maximum absolute atomic E-state index is 12.9. The first-order chi connectivity index (χ1) is 13.0. The monoisotopic (exact) mass is 382 g/mol. The highest BCUT2D eigenvalue weighted by Crippen LogP contribution is 2.31. The number of benzene rings is 1. The molecule has 0 bridgehead atoms. The molecule has 138 valence electrons. The fraction of sp³-hybridized carbons (Fsp3) is 0.250. The van der Waals surface area contributed by atoms with Crippen LogP contribution < -0.4 is 0 Å². The van der Waals surface area contributed by atoms with Gasteiger partial charge in [-0.15, -0.1) is 11.3 Å². The Morgan fingerprint density at radius 2 is 2.11 bits per heavy atom. The number of amides is 1. The van der Waals surface area contributed by atoms with Crippen LogP contribution in [0.2, 0.25) is 0 Å². The molecule has 0 aliphatic carbocycles. The molecule has 1 atom stereocenters. The number of carboxylic acid groups (broad SMARTS) is 1. The van der Waals surface area contributed by atoms with E-state index >= 15 is 0 Å². The second kappa shape index (κ2) is 7.00. The number of oxazole rings is 1. The van der Waals surface area contributed by atoms with Crippen molar-refractivity contribution in [1.82, 2.24) is 9.88 Å². The Morgan fingerprint density at radius 3 is 2.85 bits per heavy atom. The highest BCUT2D eigenvalue weighted by Gasteiger charge is 2.36. The van der Waals surface area contributed by atoms with Crippen LogP contribution in [-0.2, 0) is 22.4 Å². The van der Waals surface area contributed by atoms with Crippen LogP contribution in [0.3, 0.4) is 0 Å². The Bertz CT molecular complexity index is 993. The predicted octanol–water partition coefficient (Wildman–Crippen LogP) is 3.46. The number of rotatable bonds is 4. The second-order valence-electron chi connectivity index (χ2n) is 6.45. The SMILES string of the molecule is Cc1oc(-c2cccs2)nc1CC(=O)N1CCc2ccccc2C1C(=O)O. The van der Waals surface area contributed by atoms with Gasteiger partial charge in [0.2, 0.25) is 11.8 Å². The van der Waals surface area contributed by atoms with E-state index in [2.05, 4.69) is 4.98 Å². The minimum Gasteiger partial charge on any atom is -0.479 e. The van der Waals surface area contributed by atoms with Gasteiger partial charge >= 0.3 is 5.97 Å². The molecule has 0 radical (unpaired) electrons. The summed E-state index contributed by atoms with van der Waals surface area (Å²) in [6.45, 7) is 2.15. The van der Waals surface area contributed by atoms with Crippen LogP contribution in [0.1, 0.15) is 28.6 Å². The van der Waals surface area contributed by atoms with Gasteiger partial charge < -0.3 is 14.4 Å². The van der Waals surface area contributed by atoms with Crippen molar-refractivity contribution < 1.29 is 19.1 Å². The number of aryl methyl sites for hydroxylation is 1. The predicted molar refractivity (Wildman–Crippen MR) is 100 cm³/mol. The lowest BCUT2D eigenvalue weighted by molar-refractivity contribution is -0.151. The number of hydrogen-bond acceptors (Lipinski definition) is 5. The van der Waals surface area contributed by atoms with E-state index in [0.717, 1.165) is 10.4 Å². The number of carbonyl (C=O) groups excluding carboxylic acids is 1. The fourth-order valence-corrected chi connectivity index (χ4v) is 4.09. The zero-order valence-corrected chi connectivity index (χ0v) is 15.5. The van der Waals surface area contributed by atoms with E-state index in [0.29, 0.717) is 35.9 Å². The number of fused-ring (bicyclic) bond motifs is 1. The topological polar surface area (TPSA) is 83.6 Å². The van der Waals surface area contributed by atoms with Crippen molar-refractivity contribution in [2.75, 3.05) is 6.54 Å². The Labute approximate surface area is 160 Å². The van der Waals surface area contributed by atoms with Crippen molar-refractivity contribution in [3.8, 4) is 10.8 Å². The molecule has 1 aliphatic rings. The number of thiophene rings is 1. The van der Waals surface area contributed by atoms with Gasteiger partial charge in [-0.05, 0) is 35.9 Å². The third-order valence-corrected chi connectivity index (χ3v) is 5.64. The molecule has 0 saturated carbocycles. The summed E-state index contributed by atoms with van der Waals surface area (Å²) in [7, 11) is 0. The first-order valence-corrected chi connectivity index (χ1v) is 9.53. The number of carboxylic acids is 1. The van der Waals surface area contributed by atoms with Crippen LogP contribution in [0.4, 0.5) is 0 Å². The zero-order valence-electron chi connectivity index (χ0n) is 14.7. The van der Waals surface area contributed by atoms with Crippen LogP contribution >= 0.6 is 11.3 Å². The third-order valence-electron chi connectivity index (χ3n) is 4.78. The molecule has 2 aromatic heterocycles. The molecular weight excluding hydrogens is 364 g/mol. The average Bonchev–Trinajstić information content (AvgIpc) is 3.31. The highest BCUT2D eigenvalue weighted by molar-refractivity contribution is 7.13. The van der Waals surface area contributed by atoms with Crippen molar-refractivity contribution in [3.05, 3.63) is 64.4 Å². The Balaban J connectivity index is 1.59. The fourth-order valence-electron chi connectivity index (χ4n) is 3.44. The molecular formula is C20H18N2O4S. The minimum atomic E-state index is -1.02. The van der Waals surface area contributed by atoms with E-state index in [1.165, 1.54) is 16.2 Å². The first kappa shape index (κ1) is 17.5. The average molecular weight is 382 g/mol. The van der Waals surface area contributed by atoms with Crippen LogP contribution in [0.15, 0.2) is 46.2 Å². The van der Waals surface area contributed by atoms with Crippen molar-refractivity contribution in [2.24, 2.45) is 0 Å². The molecule has 1 aliphatic heterocycles. The number of aromatic nitrogens is 1. The van der Waals surface area contributed by atoms with Gasteiger partial charge in [-0.25, -0.2) is 9.78 Å². The molecule has 1 N–H and O–H groups in total. The lowest BCUT2D eigenvalue weighted by Crippen LogP contribution is -2.44. The Hall–Kier alpha value is -2.93. The van der Waals surface area contributed by atoms with Gasteiger partial charge in [0.1, 0.15) is 5.76 Å². The smallest absolute Gasteiger partial charge is 0.331 e. The largest absolute Gasteiger partial charge is 0.479 e. The van der Waals surface area contributed by atoms with Gasteiger partial charge in [0.25, 0.3) is 0 Å². The van der Waals surface area contributed by atoms with Crippen molar-refractivity contribution in [3.63, 3.8) is 0 Å². The summed E-state index contributed by atoms with van der Waals surface area (Å²) in [5.74, 6) is -0.210. The highest BCUT2D eigenvalue weighted by atomic mass is 32.1. The summed E-state index contributed by atoms with van der Waals surface area (Å²) >= 11 is 1.51. The lowest BCUT2D eigenvalue weighted by Gasteiger charge is -2.34. The van der Waals surface area contributed by atoms with Crippen LogP contribution in [0.25, 0.3) is 10.8 Å². The minimum absolute atomic E-state index is 0.0205. The summed E-state index contributed by atoms with van der Waals surface area (Å²) in [5, 5.41) is 11.7. The molecule has 0 fully saturated rings. The maximum atomic E-state index is 12.9. The van der Waals surface area contributed by atoms with E-state index < -0.39 is 12.0 Å². The number of aliphatic carboxylic acids is 1. The van der Waals surface area contributed by atoms with Crippen molar-refractivity contribution in [2.45, 2.75) is 25.8 Å². The quantitative estimate of drug-likeness (QED) is 0.747. The summed E-state index contributed by atoms with van der Waals surface area (Å²) in [6.07, 6.45) is 0.663. The molecule has 0 spiro atoms. The second-order valence-corrected chi connectivity index (χ2v) is 7.40. The summed E-state index contributed by atoms with van der Waals surface area (Å²) in [4.78, 5) is 31.6. The molecule has 1 aromatic carbocycles. The van der Waals surface area contributed by atoms with Crippen LogP contribution in [0, 0.1) is 6.92 Å². The Morgan fingerprint density at radius 1 is 1.30 bits per heavy atom. The van der Waals surface area contributed by atoms with Crippen molar-refractivity contribution >= 4 is 23.2 Å². The molecule has 3 heterocycles. The van der Waals surface area contributed by atoms with Crippen LogP contribution in [0.5, 0.6) is 0 Å². The Kier molecular flexibility index (Phi) is 4.53. The van der Waals surface area contributed by atoms with E-state index in [1.54, 1.807) is 19.1 Å². The molecule has 0 saturated heterocycles. The maximum Gasteiger partial charge on any atom is 0.331 e. The normalized spacial score (nSPS) is 16.2.